The van der Waals surface area contributed by atoms with Crippen molar-refractivity contribution in [3.63, 3.8) is 0 Å². The van der Waals surface area contributed by atoms with E-state index in [9.17, 15) is 0 Å². The zero-order valence-electron chi connectivity index (χ0n) is 11.5. The number of thiazole rings is 1. The predicted molar refractivity (Wildman–Crippen MR) is 84.5 cm³/mol. The maximum Gasteiger partial charge on any atom is 0.124 e. The summed E-state index contributed by atoms with van der Waals surface area (Å²) in [4.78, 5) is 4.68. The molecular formula is C17H15NO2S. The van der Waals surface area contributed by atoms with Gasteiger partial charge >= 0.3 is 0 Å². The van der Waals surface area contributed by atoms with Crippen LogP contribution in [-0.2, 0) is 16.1 Å². The first-order chi connectivity index (χ1) is 10.4. The van der Waals surface area contributed by atoms with Gasteiger partial charge in [0, 0.05) is 5.56 Å². The summed E-state index contributed by atoms with van der Waals surface area (Å²) in [5.74, 6) is 0. The van der Waals surface area contributed by atoms with E-state index in [2.05, 4.69) is 41.4 Å². The molecule has 2 aromatic carbocycles. The maximum absolute atomic E-state index is 5.60. The summed E-state index contributed by atoms with van der Waals surface area (Å²) in [6, 6.07) is 16.7. The monoisotopic (exact) mass is 297 g/mol. The van der Waals surface area contributed by atoms with Crippen molar-refractivity contribution in [2.45, 2.75) is 12.7 Å². The lowest BCUT2D eigenvalue weighted by atomic mass is 10.1. The second kappa shape index (κ2) is 5.56. The van der Waals surface area contributed by atoms with Gasteiger partial charge in [0.25, 0.3) is 0 Å². The molecule has 4 heteroatoms. The molecule has 0 bridgehead atoms. The van der Waals surface area contributed by atoms with E-state index in [4.69, 9.17) is 9.47 Å². The minimum Gasteiger partial charge on any atom is -0.374 e. The minimum atomic E-state index is 0.326. The molecule has 3 nitrogen and oxygen atoms in total. The third-order valence-electron chi connectivity index (χ3n) is 3.47. The first-order valence-electron chi connectivity index (χ1n) is 7.03. The number of fused-ring (bicyclic) bond motifs is 1. The first-order valence-corrected chi connectivity index (χ1v) is 7.84. The predicted octanol–water partition coefficient (Wildman–Crippen LogP) is 3.88. The van der Waals surface area contributed by atoms with E-state index < -0.39 is 0 Å². The van der Waals surface area contributed by atoms with Crippen molar-refractivity contribution in [2.75, 3.05) is 13.2 Å². The molecule has 3 aromatic rings. The van der Waals surface area contributed by atoms with Crippen LogP contribution in [0, 0.1) is 0 Å². The molecule has 0 aliphatic carbocycles. The summed E-state index contributed by atoms with van der Waals surface area (Å²) in [5.41, 5.74) is 3.40. The molecule has 1 unspecified atom stereocenters. The SMILES string of the molecule is c1ccc2sc(-c3ccc(COCC4CO4)cc3)nc2c1. The van der Waals surface area contributed by atoms with E-state index in [0.29, 0.717) is 19.3 Å². The van der Waals surface area contributed by atoms with Crippen molar-refractivity contribution >= 4 is 21.6 Å². The fourth-order valence-corrected chi connectivity index (χ4v) is 3.18. The van der Waals surface area contributed by atoms with Gasteiger partial charge in [-0.25, -0.2) is 4.98 Å². The fourth-order valence-electron chi connectivity index (χ4n) is 2.21. The molecule has 0 amide bonds. The van der Waals surface area contributed by atoms with Crippen LogP contribution in [0.2, 0.25) is 0 Å². The van der Waals surface area contributed by atoms with Gasteiger partial charge in [0.15, 0.2) is 0 Å². The Morgan fingerprint density at radius 1 is 1.14 bits per heavy atom. The Labute approximate surface area is 127 Å². The second-order valence-corrected chi connectivity index (χ2v) is 6.18. The van der Waals surface area contributed by atoms with Crippen LogP contribution in [0.25, 0.3) is 20.8 Å². The lowest BCUT2D eigenvalue weighted by Gasteiger charge is -2.03. The van der Waals surface area contributed by atoms with Crippen LogP contribution >= 0.6 is 11.3 Å². The molecule has 21 heavy (non-hydrogen) atoms. The molecule has 4 rings (SSSR count). The van der Waals surface area contributed by atoms with Gasteiger partial charge in [-0.3, -0.25) is 0 Å². The van der Waals surface area contributed by atoms with E-state index in [1.165, 1.54) is 10.3 Å². The Kier molecular flexibility index (Phi) is 3.43. The third kappa shape index (κ3) is 2.97. The minimum absolute atomic E-state index is 0.326. The van der Waals surface area contributed by atoms with Gasteiger partial charge in [0.1, 0.15) is 11.1 Å². The van der Waals surface area contributed by atoms with Gasteiger partial charge in [-0.2, -0.15) is 0 Å². The molecule has 0 radical (unpaired) electrons. The topological polar surface area (TPSA) is 34.6 Å². The molecule has 0 N–H and O–H groups in total. The van der Waals surface area contributed by atoms with Crippen LogP contribution < -0.4 is 0 Å². The highest BCUT2D eigenvalue weighted by Crippen LogP contribution is 2.30. The molecule has 106 valence electrons. The van der Waals surface area contributed by atoms with Crippen LogP contribution in [0.5, 0.6) is 0 Å². The molecule has 0 saturated carbocycles. The number of benzene rings is 2. The van der Waals surface area contributed by atoms with Crippen molar-refractivity contribution in [3.8, 4) is 10.6 Å². The smallest absolute Gasteiger partial charge is 0.124 e. The average molecular weight is 297 g/mol. The Balaban J connectivity index is 1.49. The molecule has 2 heterocycles. The third-order valence-corrected chi connectivity index (χ3v) is 4.56. The number of nitrogens with zero attached hydrogens (tertiary/aromatic N) is 1. The summed E-state index contributed by atoms with van der Waals surface area (Å²) < 4.78 is 11.9. The average Bonchev–Trinajstić information content (AvgIpc) is 3.24. The normalized spacial score (nSPS) is 17.2. The lowest BCUT2D eigenvalue weighted by Crippen LogP contribution is -2.01. The van der Waals surface area contributed by atoms with Crippen molar-refractivity contribution < 1.29 is 9.47 Å². The zero-order valence-corrected chi connectivity index (χ0v) is 12.3. The quantitative estimate of drug-likeness (QED) is 0.670. The number of para-hydroxylation sites is 1. The highest BCUT2D eigenvalue weighted by Gasteiger charge is 2.22. The summed E-state index contributed by atoms with van der Waals surface area (Å²) in [7, 11) is 0. The number of epoxide rings is 1. The van der Waals surface area contributed by atoms with Crippen LogP contribution in [0.1, 0.15) is 5.56 Å². The van der Waals surface area contributed by atoms with Crippen molar-refractivity contribution in [3.05, 3.63) is 54.1 Å². The Hall–Kier alpha value is -1.75. The molecule has 1 saturated heterocycles. The molecular weight excluding hydrogens is 282 g/mol. The second-order valence-electron chi connectivity index (χ2n) is 5.15. The Morgan fingerprint density at radius 3 is 2.71 bits per heavy atom. The molecule has 1 aromatic heterocycles. The fraction of sp³-hybridized carbons (Fsp3) is 0.235. The van der Waals surface area contributed by atoms with Gasteiger partial charge in [-0.1, -0.05) is 36.4 Å². The summed E-state index contributed by atoms with van der Waals surface area (Å²) in [6.07, 6.45) is 0.326. The Bertz CT molecular complexity index is 714. The van der Waals surface area contributed by atoms with Gasteiger partial charge in [0.05, 0.1) is 30.0 Å². The number of ether oxygens (including phenoxy) is 2. The van der Waals surface area contributed by atoms with E-state index in [0.717, 1.165) is 22.7 Å². The molecule has 1 fully saturated rings. The number of rotatable bonds is 5. The van der Waals surface area contributed by atoms with Gasteiger partial charge in [-0.15, -0.1) is 11.3 Å². The molecule has 1 aliphatic heterocycles. The van der Waals surface area contributed by atoms with Crippen molar-refractivity contribution in [1.82, 2.24) is 4.98 Å². The first kappa shape index (κ1) is 13.0. The maximum atomic E-state index is 5.60. The van der Waals surface area contributed by atoms with Crippen LogP contribution in [0.4, 0.5) is 0 Å². The lowest BCUT2D eigenvalue weighted by molar-refractivity contribution is 0.104. The van der Waals surface area contributed by atoms with Gasteiger partial charge in [-0.05, 0) is 17.7 Å². The highest BCUT2D eigenvalue weighted by atomic mass is 32.1. The van der Waals surface area contributed by atoms with Crippen molar-refractivity contribution in [1.29, 1.82) is 0 Å². The summed E-state index contributed by atoms with van der Waals surface area (Å²) >= 11 is 1.73. The summed E-state index contributed by atoms with van der Waals surface area (Å²) in [5, 5.41) is 1.06. The van der Waals surface area contributed by atoms with E-state index in [-0.39, 0.29) is 0 Å². The van der Waals surface area contributed by atoms with Crippen LogP contribution in [-0.4, -0.2) is 24.3 Å². The molecule has 1 atom stereocenters. The standard InChI is InChI=1S/C17H15NO2S/c1-2-4-16-15(3-1)18-17(21-16)13-7-5-12(6-8-13)9-19-10-14-11-20-14/h1-8,14H,9-11H2. The number of aromatic nitrogens is 1. The van der Waals surface area contributed by atoms with E-state index in [1.54, 1.807) is 11.3 Å². The van der Waals surface area contributed by atoms with E-state index >= 15 is 0 Å². The number of hydrogen-bond acceptors (Lipinski definition) is 4. The van der Waals surface area contributed by atoms with E-state index in [1.807, 2.05) is 12.1 Å². The molecule has 0 spiro atoms. The molecule has 1 aliphatic rings. The largest absolute Gasteiger partial charge is 0.374 e. The van der Waals surface area contributed by atoms with Crippen molar-refractivity contribution in [2.24, 2.45) is 0 Å². The van der Waals surface area contributed by atoms with Crippen LogP contribution in [0.3, 0.4) is 0 Å². The Morgan fingerprint density at radius 2 is 1.95 bits per heavy atom. The summed E-state index contributed by atoms with van der Waals surface area (Å²) in [6.45, 7) is 2.18. The number of hydrogen-bond donors (Lipinski definition) is 0. The van der Waals surface area contributed by atoms with Gasteiger partial charge < -0.3 is 9.47 Å². The van der Waals surface area contributed by atoms with Crippen LogP contribution in [0.15, 0.2) is 48.5 Å². The zero-order chi connectivity index (χ0) is 14.1. The van der Waals surface area contributed by atoms with Gasteiger partial charge in [0.2, 0.25) is 0 Å². The highest BCUT2D eigenvalue weighted by molar-refractivity contribution is 7.21.